The summed E-state index contributed by atoms with van der Waals surface area (Å²) in [4.78, 5) is 14.0. The molecule has 1 rings (SSSR count). The number of ether oxygens (including phenoxy) is 2. The minimum atomic E-state index is -1.35. The molecule has 0 amide bonds. The molecule has 0 aliphatic carbocycles. The quantitative estimate of drug-likeness (QED) is 0.560. The fourth-order valence-electron chi connectivity index (χ4n) is 1.67. The summed E-state index contributed by atoms with van der Waals surface area (Å²) in [5.74, 6) is -0.166. The van der Waals surface area contributed by atoms with Gasteiger partial charge in [-0.05, 0) is 0 Å². The van der Waals surface area contributed by atoms with E-state index in [0.29, 0.717) is 26.0 Å². The van der Waals surface area contributed by atoms with Crippen molar-refractivity contribution in [3.05, 3.63) is 0 Å². The Morgan fingerprint density at radius 3 is 2.82 bits per heavy atom. The molecule has 1 heterocycles. The first-order valence-corrected chi connectivity index (χ1v) is 9.83. The van der Waals surface area contributed by atoms with Crippen molar-refractivity contribution in [3.8, 4) is 0 Å². The lowest BCUT2D eigenvalue weighted by Gasteiger charge is -2.33. The average molecular weight is 260 g/mol. The first kappa shape index (κ1) is 14.6. The minimum Gasteiger partial charge on any atom is -0.468 e. The van der Waals surface area contributed by atoms with Crippen molar-refractivity contribution in [2.24, 2.45) is 5.73 Å². The molecule has 0 aromatic rings. The van der Waals surface area contributed by atoms with Crippen LogP contribution in [0.3, 0.4) is 0 Å². The highest BCUT2D eigenvalue weighted by Gasteiger charge is 2.31. The van der Waals surface area contributed by atoms with Crippen molar-refractivity contribution in [1.82, 2.24) is 4.90 Å². The van der Waals surface area contributed by atoms with Gasteiger partial charge in [-0.1, -0.05) is 19.6 Å². The van der Waals surface area contributed by atoms with Crippen LogP contribution in [-0.4, -0.2) is 64.1 Å². The van der Waals surface area contributed by atoms with Gasteiger partial charge in [0.1, 0.15) is 6.04 Å². The van der Waals surface area contributed by atoms with Crippen molar-refractivity contribution in [1.29, 1.82) is 0 Å². The largest absolute Gasteiger partial charge is 0.468 e. The van der Waals surface area contributed by atoms with E-state index in [2.05, 4.69) is 24.5 Å². The molecule has 1 fully saturated rings. The maximum Gasteiger partial charge on any atom is 0.325 e. The zero-order valence-corrected chi connectivity index (χ0v) is 12.1. The summed E-state index contributed by atoms with van der Waals surface area (Å²) in [7, 11) is -1.35. The summed E-state index contributed by atoms with van der Waals surface area (Å²) in [6.07, 6.45) is 0.568. The van der Waals surface area contributed by atoms with E-state index in [-0.39, 0.29) is 12.0 Å². The van der Waals surface area contributed by atoms with E-state index in [4.69, 9.17) is 15.2 Å². The standard InChI is InChI=1S/C11H24N2O3Si/c1-17(2,3)9-16-11(14)10-8-15-7-6-13(10)5-4-12/h10H,4-9,12H2,1-3H3. The molecule has 1 saturated heterocycles. The van der Waals surface area contributed by atoms with Crippen LogP contribution in [0.2, 0.25) is 19.6 Å². The number of esters is 1. The molecular weight excluding hydrogens is 236 g/mol. The molecule has 0 aromatic heterocycles. The summed E-state index contributed by atoms with van der Waals surface area (Å²) in [5, 5.41) is 0. The van der Waals surface area contributed by atoms with Crippen LogP contribution >= 0.6 is 0 Å². The third kappa shape index (κ3) is 5.16. The Labute approximate surface area is 104 Å². The lowest BCUT2D eigenvalue weighted by molar-refractivity contribution is -0.154. The Balaban J connectivity index is 2.47. The van der Waals surface area contributed by atoms with E-state index in [1.807, 2.05) is 0 Å². The number of hydrogen-bond acceptors (Lipinski definition) is 5. The van der Waals surface area contributed by atoms with Gasteiger partial charge in [0.2, 0.25) is 0 Å². The molecule has 0 spiro atoms. The number of carbonyl (C=O) groups excluding carboxylic acids is 1. The number of morpholine rings is 1. The summed E-state index contributed by atoms with van der Waals surface area (Å²) in [6, 6.07) is -0.274. The Hall–Kier alpha value is -0.433. The van der Waals surface area contributed by atoms with Crippen LogP contribution in [-0.2, 0) is 14.3 Å². The molecule has 0 saturated carbocycles. The molecular formula is C11H24N2O3Si. The van der Waals surface area contributed by atoms with E-state index in [9.17, 15) is 4.79 Å². The number of nitrogens with two attached hydrogens (primary N) is 1. The fourth-order valence-corrected chi connectivity index (χ4v) is 2.25. The number of nitrogens with zero attached hydrogens (tertiary/aromatic N) is 1. The van der Waals surface area contributed by atoms with Crippen LogP contribution in [0.5, 0.6) is 0 Å². The van der Waals surface area contributed by atoms with Crippen LogP contribution in [0.25, 0.3) is 0 Å². The summed E-state index contributed by atoms with van der Waals surface area (Å²) >= 11 is 0. The molecule has 0 aromatic carbocycles. The predicted molar refractivity (Wildman–Crippen MR) is 69.5 cm³/mol. The lowest BCUT2D eigenvalue weighted by atomic mass is 10.2. The molecule has 0 radical (unpaired) electrons. The Morgan fingerprint density at radius 2 is 2.24 bits per heavy atom. The average Bonchev–Trinajstić information content (AvgIpc) is 2.26. The number of carbonyl (C=O) groups is 1. The molecule has 100 valence electrons. The molecule has 1 unspecified atom stereocenters. The van der Waals surface area contributed by atoms with Crippen LogP contribution < -0.4 is 5.73 Å². The van der Waals surface area contributed by atoms with Crippen LogP contribution in [0, 0.1) is 0 Å². The highest BCUT2D eigenvalue weighted by atomic mass is 28.3. The van der Waals surface area contributed by atoms with Crippen molar-refractivity contribution in [2.75, 3.05) is 39.1 Å². The number of hydrogen-bond donors (Lipinski definition) is 1. The van der Waals surface area contributed by atoms with E-state index >= 15 is 0 Å². The first-order valence-electron chi connectivity index (χ1n) is 6.12. The van der Waals surface area contributed by atoms with Gasteiger partial charge >= 0.3 is 5.97 Å². The number of rotatable bonds is 5. The maximum absolute atomic E-state index is 12.0. The fraction of sp³-hybridized carbons (Fsp3) is 0.909. The summed E-state index contributed by atoms with van der Waals surface area (Å²) in [6.45, 7) is 9.64. The maximum atomic E-state index is 12.0. The third-order valence-corrected chi connectivity index (χ3v) is 3.59. The van der Waals surface area contributed by atoms with Crippen LogP contribution in [0.1, 0.15) is 0 Å². The van der Waals surface area contributed by atoms with E-state index in [1.54, 1.807) is 0 Å². The van der Waals surface area contributed by atoms with Crippen molar-refractivity contribution in [2.45, 2.75) is 25.7 Å². The van der Waals surface area contributed by atoms with Crippen molar-refractivity contribution >= 4 is 14.0 Å². The SMILES string of the molecule is C[Si](C)(C)COC(=O)C1COCCN1CCN. The zero-order chi connectivity index (χ0) is 12.9. The predicted octanol–water partition coefficient (Wildman–Crippen LogP) is 0.0665. The highest BCUT2D eigenvalue weighted by Crippen LogP contribution is 2.09. The molecule has 1 aliphatic rings. The van der Waals surface area contributed by atoms with Crippen molar-refractivity contribution in [3.63, 3.8) is 0 Å². The normalized spacial score (nSPS) is 22.5. The Morgan fingerprint density at radius 1 is 1.53 bits per heavy atom. The topological polar surface area (TPSA) is 64.8 Å². The third-order valence-electron chi connectivity index (χ3n) is 2.58. The smallest absolute Gasteiger partial charge is 0.325 e. The van der Waals surface area contributed by atoms with E-state index < -0.39 is 8.07 Å². The Bertz CT molecular complexity index is 254. The van der Waals surface area contributed by atoms with Crippen LogP contribution in [0.15, 0.2) is 0 Å². The summed E-state index contributed by atoms with van der Waals surface area (Å²) in [5.41, 5.74) is 5.54. The molecule has 2 N–H and O–H groups in total. The molecule has 0 bridgehead atoms. The lowest BCUT2D eigenvalue weighted by Crippen LogP contribution is -2.52. The second-order valence-corrected chi connectivity index (χ2v) is 11.0. The van der Waals surface area contributed by atoms with Gasteiger partial charge in [-0.25, -0.2) is 0 Å². The molecule has 1 aliphatic heterocycles. The van der Waals surface area contributed by atoms with Crippen LogP contribution in [0.4, 0.5) is 0 Å². The molecule has 17 heavy (non-hydrogen) atoms. The van der Waals surface area contributed by atoms with Gasteiger partial charge in [0.15, 0.2) is 0 Å². The zero-order valence-electron chi connectivity index (χ0n) is 11.1. The first-order chi connectivity index (χ1) is 7.94. The monoisotopic (exact) mass is 260 g/mol. The summed E-state index contributed by atoms with van der Waals surface area (Å²) < 4.78 is 10.7. The van der Waals surface area contributed by atoms with Gasteiger partial charge in [-0.15, -0.1) is 0 Å². The molecule has 1 atom stereocenters. The van der Waals surface area contributed by atoms with E-state index in [1.165, 1.54) is 0 Å². The second-order valence-electron chi connectivity index (χ2n) is 5.58. The van der Waals surface area contributed by atoms with Gasteiger partial charge in [-0.2, -0.15) is 0 Å². The van der Waals surface area contributed by atoms with Gasteiger partial charge in [0.25, 0.3) is 0 Å². The van der Waals surface area contributed by atoms with Gasteiger partial charge in [0.05, 0.1) is 27.5 Å². The van der Waals surface area contributed by atoms with E-state index in [0.717, 1.165) is 13.1 Å². The minimum absolute atomic E-state index is 0.166. The Kier molecular flexibility index (Phi) is 5.58. The van der Waals surface area contributed by atoms with Gasteiger partial charge in [-0.3, -0.25) is 9.69 Å². The second kappa shape index (κ2) is 6.49. The highest BCUT2D eigenvalue weighted by molar-refractivity contribution is 6.76. The van der Waals surface area contributed by atoms with Gasteiger partial charge < -0.3 is 15.2 Å². The van der Waals surface area contributed by atoms with Gasteiger partial charge in [0, 0.05) is 19.6 Å². The molecule has 6 heteroatoms. The van der Waals surface area contributed by atoms with Crippen molar-refractivity contribution < 1.29 is 14.3 Å². The molecule has 5 nitrogen and oxygen atoms in total.